The van der Waals surface area contributed by atoms with Crippen LogP contribution in [-0.2, 0) is 18.4 Å². The van der Waals surface area contributed by atoms with Gasteiger partial charge in [0.25, 0.3) is 0 Å². The molecule has 0 aromatic heterocycles. The average molecular weight is 372 g/mol. The second kappa shape index (κ2) is 9.63. The van der Waals surface area contributed by atoms with Crippen molar-refractivity contribution in [3.63, 3.8) is 0 Å². The molecule has 0 saturated carbocycles. The molecule has 2 rings (SSSR count). The van der Waals surface area contributed by atoms with Crippen molar-refractivity contribution >= 4 is 19.0 Å². The molecule has 0 aliphatic heterocycles. The van der Waals surface area contributed by atoms with Crippen molar-refractivity contribution in [2.24, 2.45) is 0 Å². The molecule has 26 heavy (non-hydrogen) atoms. The van der Waals surface area contributed by atoms with Gasteiger partial charge in [0.2, 0.25) is 0 Å². The Hall–Kier alpha value is -2.00. The first-order chi connectivity index (χ1) is 12.5. The third kappa shape index (κ3) is 5.01. The predicted octanol–water partition coefficient (Wildman–Crippen LogP) is 5.69. The topological polar surface area (TPSA) is 52.6 Å². The van der Waals surface area contributed by atoms with Gasteiger partial charge in [-0.3, -0.25) is 9.36 Å². The molecule has 0 bridgehead atoms. The summed E-state index contributed by atoms with van der Waals surface area (Å²) in [5, 5.41) is 0.408. The van der Waals surface area contributed by atoms with Gasteiger partial charge in [-0.2, -0.15) is 0 Å². The molecule has 0 radical (unpaired) electrons. The maximum Gasteiger partial charge on any atom is 0.358 e. The third-order valence-corrected chi connectivity index (χ3v) is 6.00. The summed E-state index contributed by atoms with van der Waals surface area (Å²) < 4.78 is 24.7. The van der Waals surface area contributed by atoms with Crippen LogP contribution in [-0.4, -0.2) is 19.0 Å². The highest BCUT2D eigenvalue weighted by Gasteiger charge is 2.34. The van der Waals surface area contributed by atoms with Gasteiger partial charge in [0.05, 0.1) is 18.5 Å². The van der Waals surface area contributed by atoms with Gasteiger partial charge in [0, 0.05) is 12.0 Å². The van der Waals surface area contributed by atoms with E-state index in [9.17, 15) is 9.36 Å². The van der Waals surface area contributed by atoms with Gasteiger partial charge in [-0.25, -0.2) is 0 Å². The van der Waals surface area contributed by atoms with E-state index in [-0.39, 0.29) is 25.4 Å². The zero-order chi connectivity index (χ0) is 19.0. The summed E-state index contributed by atoms with van der Waals surface area (Å²) in [6.07, 6.45) is 0.0103. The fourth-order valence-corrected chi connectivity index (χ4v) is 4.81. The number of hydrogen-bond acceptors (Lipinski definition) is 4. The Labute approximate surface area is 155 Å². The number of rotatable bonds is 9. The minimum absolute atomic E-state index is 0.0103. The van der Waals surface area contributed by atoms with Crippen molar-refractivity contribution in [1.82, 2.24) is 0 Å². The molecule has 2 aromatic rings. The number of Topliss-reactive ketones (excluding diaryl/α,β-unsaturated/α-hetero) is 1. The summed E-state index contributed by atoms with van der Waals surface area (Å²) in [5.41, 5.74) is 2.47. The van der Waals surface area contributed by atoms with Crippen molar-refractivity contribution in [1.29, 1.82) is 0 Å². The van der Waals surface area contributed by atoms with E-state index in [1.54, 1.807) is 13.8 Å². The second-order valence-electron chi connectivity index (χ2n) is 5.77. The van der Waals surface area contributed by atoms with E-state index in [0.29, 0.717) is 5.31 Å². The summed E-state index contributed by atoms with van der Waals surface area (Å²) in [7, 11) is -3.61. The first-order valence-electron chi connectivity index (χ1n) is 8.75. The lowest BCUT2D eigenvalue weighted by Crippen LogP contribution is -2.06. The maximum atomic E-state index is 13.6. The number of carbonyl (C=O) groups is 1. The van der Waals surface area contributed by atoms with Crippen molar-refractivity contribution in [3.05, 3.63) is 77.1 Å². The van der Waals surface area contributed by atoms with Gasteiger partial charge < -0.3 is 9.05 Å². The molecule has 5 heteroatoms. The summed E-state index contributed by atoms with van der Waals surface area (Å²) in [6.45, 7) is 5.48. The van der Waals surface area contributed by atoms with Crippen LogP contribution in [0, 0.1) is 0 Å². The van der Waals surface area contributed by atoms with Gasteiger partial charge in [0.1, 0.15) is 5.78 Å². The van der Waals surface area contributed by atoms with Gasteiger partial charge in [-0.15, -0.1) is 0 Å². The largest absolute Gasteiger partial charge is 0.358 e. The zero-order valence-corrected chi connectivity index (χ0v) is 16.4. The SMILES string of the molecule is CCOP(=O)(OCC)C(CC(C)=O)=C(c1ccccc1)c1ccccc1. The Bertz CT molecular complexity index is 746. The van der Waals surface area contributed by atoms with E-state index in [2.05, 4.69) is 0 Å². The van der Waals surface area contributed by atoms with E-state index in [4.69, 9.17) is 9.05 Å². The molecule has 0 amide bonds. The third-order valence-electron chi connectivity index (χ3n) is 3.76. The molecule has 0 spiro atoms. The van der Waals surface area contributed by atoms with Crippen LogP contribution in [0.25, 0.3) is 5.57 Å². The Morgan fingerprint density at radius 2 is 1.27 bits per heavy atom. The van der Waals surface area contributed by atoms with E-state index in [1.165, 1.54) is 6.92 Å². The van der Waals surface area contributed by atoms with Gasteiger partial charge >= 0.3 is 7.60 Å². The van der Waals surface area contributed by atoms with E-state index in [0.717, 1.165) is 16.7 Å². The lowest BCUT2D eigenvalue weighted by atomic mass is 9.96. The van der Waals surface area contributed by atoms with Crippen LogP contribution >= 0.6 is 7.60 Å². The molecule has 0 aliphatic carbocycles. The van der Waals surface area contributed by atoms with Crippen LogP contribution in [0.4, 0.5) is 0 Å². The molecule has 0 saturated heterocycles. The summed E-state index contributed by atoms with van der Waals surface area (Å²) in [6, 6.07) is 19.2. The number of allylic oxidation sites excluding steroid dienone is 1. The van der Waals surface area contributed by atoms with Gasteiger partial charge in [0.15, 0.2) is 0 Å². The summed E-state index contributed by atoms with van der Waals surface area (Å²) >= 11 is 0. The molecule has 0 N–H and O–H groups in total. The quantitative estimate of drug-likeness (QED) is 0.531. The molecule has 138 valence electrons. The molecule has 0 aliphatic rings. The number of benzene rings is 2. The van der Waals surface area contributed by atoms with Gasteiger partial charge in [-0.1, -0.05) is 60.7 Å². The molecule has 0 fully saturated rings. The highest BCUT2D eigenvalue weighted by atomic mass is 31.2. The molecule has 4 nitrogen and oxygen atoms in total. The average Bonchev–Trinajstić information content (AvgIpc) is 2.63. The Kier molecular flexibility index (Phi) is 7.52. The van der Waals surface area contributed by atoms with E-state index in [1.807, 2.05) is 60.7 Å². The zero-order valence-electron chi connectivity index (χ0n) is 15.5. The smallest absolute Gasteiger partial charge is 0.306 e. The fraction of sp³-hybridized carbons (Fsp3) is 0.286. The minimum atomic E-state index is -3.61. The molecule has 0 heterocycles. The lowest BCUT2D eigenvalue weighted by molar-refractivity contribution is -0.116. The lowest BCUT2D eigenvalue weighted by Gasteiger charge is -2.23. The summed E-state index contributed by atoms with van der Waals surface area (Å²) in [5.74, 6) is -0.0935. The van der Waals surface area contributed by atoms with Crippen LogP contribution in [0.2, 0.25) is 0 Å². The first-order valence-corrected chi connectivity index (χ1v) is 10.3. The molecule has 2 aromatic carbocycles. The number of carbonyl (C=O) groups excluding carboxylic acids is 1. The maximum absolute atomic E-state index is 13.6. The van der Waals surface area contributed by atoms with E-state index >= 15 is 0 Å². The van der Waals surface area contributed by atoms with Crippen molar-refractivity contribution in [2.45, 2.75) is 27.2 Å². The fourth-order valence-electron chi connectivity index (χ4n) is 2.80. The number of hydrogen-bond donors (Lipinski definition) is 0. The summed E-state index contributed by atoms with van der Waals surface area (Å²) in [4.78, 5) is 12.0. The monoisotopic (exact) mass is 372 g/mol. The van der Waals surface area contributed by atoms with Crippen LogP contribution < -0.4 is 0 Å². The highest BCUT2D eigenvalue weighted by molar-refractivity contribution is 7.58. The van der Waals surface area contributed by atoms with Crippen molar-refractivity contribution < 1.29 is 18.4 Å². The predicted molar refractivity (Wildman–Crippen MR) is 105 cm³/mol. The first kappa shape index (κ1) is 20.3. The Morgan fingerprint density at radius 3 is 1.62 bits per heavy atom. The number of ketones is 1. The van der Waals surface area contributed by atoms with Gasteiger partial charge in [-0.05, 0) is 31.9 Å². The second-order valence-corrected chi connectivity index (χ2v) is 7.82. The molecular weight excluding hydrogens is 347 g/mol. The van der Waals surface area contributed by atoms with Crippen LogP contribution in [0.5, 0.6) is 0 Å². The molecular formula is C21H25O4P. The standard InChI is InChI=1S/C21H25O4P/c1-4-24-26(23,25-5-2)20(16-17(3)22)21(18-12-8-6-9-13-18)19-14-10-7-11-15-19/h6-15H,4-5,16H2,1-3H3. The minimum Gasteiger partial charge on any atom is -0.306 e. The molecule has 0 atom stereocenters. The van der Waals surface area contributed by atoms with Crippen molar-refractivity contribution in [3.8, 4) is 0 Å². The Morgan fingerprint density at radius 1 is 0.846 bits per heavy atom. The van der Waals surface area contributed by atoms with Crippen molar-refractivity contribution in [2.75, 3.05) is 13.2 Å². The normalized spacial score (nSPS) is 11.2. The highest BCUT2D eigenvalue weighted by Crippen LogP contribution is 2.60. The van der Waals surface area contributed by atoms with E-state index < -0.39 is 7.60 Å². The molecule has 0 unspecified atom stereocenters. The van der Waals surface area contributed by atoms with Crippen LogP contribution in [0.1, 0.15) is 38.3 Å². The van der Waals surface area contributed by atoms with Crippen LogP contribution in [0.3, 0.4) is 0 Å². The van der Waals surface area contributed by atoms with Crippen LogP contribution in [0.15, 0.2) is 66.0 Å². The Balaban J connectivity index is 2.82.